The fourth-order valence-electron chi connectivity index (χ4n) is 1.75. The number of hydrogen-bond donors (Lipinski definition) is 4. The number of carbonyl (C=O) groups is 1. The van der Waals surface area contributed by atoms with Crippen LogP contribution >= 0.6 is 0 Å². The monoisotopic (exact) mass is 266 g/mol. The Kier molecular flexibility index (Phi) is 5.32. The predicted molar refractivity (Wildman–Crippen MR) is 73.7 cm³/mol. The van der Waals surface area contributed by atoms with E-state index in [1.165, 1.54) is 0 Å². The lowest BCUT2D eigenvalue weighted by atomic mass is 9.99. The van der Waals surface area contributed by atoms with Gasteiger partial charge in [-0.05, 0) is 44.4 Å². The zero-order valence-corrected chi connectivity index (χ0v) is 11.4. The average molecular weight is 266 g/mol. The van der Waals surface area contributed by atoms with Crippen molar-refractivity contribution in [3.63, 3.8) is 0 Å². The quantitative estimate of drug-likeness (QED) is 0.604. The number of aromatic hydroxyl groups is 1. The van der Waals surface area contributed by atoms with Gasteiger partial charge < -0.3 is 21.3 Å². The number of aliphatic hydroxyl groups excluding tert-OH is 1. The number of hydrogen-bond acceptors (Lipinski definition) is 4. The Hall–Kier alpha value is -1.59. The van der Waals surface area contributed by atoms with Crippen LogP contribution in [0.3, 0.4) is 0 Å². The molecule has 0 aliphatic carbocycles. The molecule has 0 unspecified atom stereocenters. The van der Waals surface area contributed by atoms with E-state index < -0.39 is 11.6 Å². The highest BCUT2D eigenvalue weighted by Crippen LogP contribution is 2.12. The minimum Gasteiger partial charge on any atom is -0.508 e. The largest absolute Gasteiger partial charge is 0.508 e. The third-order valence-corrected chi connectivity index (χ3v) is 2.93. The highest BCUT2D eigenvalue weighted by molar-refractivity contribution is 5.82. The number of amides is 1. The molecular formula is C14H22N2O3. The Morgan fingerprint density at radius 2 is 1.95 bits per heavy atom. The summed E-state index contributed by atoms with van der Waals surface area (Å²) in [5.74, 6) is -0.0580. The van der Waals surface area contributed by atoms with E-state index in [9.17, 15) is 9.90 Å². The van der Waals surface area contributed by atoms with Crippen LogP contribution in [0.15, 0.2) is 24.3 Å². The number of phenolic OH excluding ortho intramolecular Hbond substituents is 1. The molecule has 0 saturated carbocycles. The Morgan fingerprint density at radius 1 is 1.37 bits per heavy atom. The Bertz CT molecular complexity index is 415. The first-order chi connectivity index (χ1) is 8.84. The molecule has 0 spiro atoms. The first-order valence-electron chi connectivity index (χ1n) is 6.30. The van der Waals surface area contributed by atoms with Crippen LogP contribution in [0.1, 0.15) is 25.8 Å². The third kappa shape index (κ3) is 5.28. The maximum Gasteiger partial charge on any atom is 0.237 e. The van der Waals surface area contributed by atoms with Crippen molar-refractivity contribution in [1.29, 1.82) is 0 Å². The van der Waals surface area contributed by atoms with E-state index in [1.807, 2.05) is 13.8 Å². The SMILES string of the molecule is CC(C)(CCO)NC(=O)[C@H](N)Cc1ccc(O)cc1. The van der Waals surface area contributed by atoms with Crippen molar-refractivity contribution in [3.8, 4) is 5.75 Å². The first-order valence-corrected chi connectivity index (χ1v) is 6.30. The van der Waals surface area contributed by atoms with Crippen LogP contribution in [0.4, 0.5) is 0 Å². The number of phenols is 1. The number of rotatable bonds is 6. The van der Waals surface area contributed by atoms with Crippen LogP contribution in [-0.2, 0) is 11.2 Å². The van der Waals surface area contributed by atoms with Gasteiger partial charge >= 0.3 is 0 Å². The van der Waals surface area contributed by atoms with Crippen molar-refractivity contribution in [2.45, 2.75) is 38.3 Å². The minimum absolute atomic E-state index is 0.0144. The van der Waals surface area contributed by atoms with E-state index >= 15 is 0 Å². The molecule has 5 heteroatoms. The van der Waals surface area contributed by atoms with Gasteiger partial charge in [-0.3, -0.25) is 4.79 Å². The number of aliphatic hydroxyl groups is 1. The lowest BCUT2D eigenvalue weighted by molar-refractivity contribution is -0.124. The highest BCUT2D eigenvalue weighted by atomic mass is 16.3. The summed E-state index contributed by atoms with van der Waals surface area (Å²) in [5.41, 5.74) is 6.27. The third-order valence-electron chi connectivity index (χ3n) is 2.93. The van der Waals surface area contributed by atoms with Crippen LogP contribution in [0, 0.1) is 0 Å². The predicted octanol–water partition coefficient (Wildman–Crippen LogP) is 0.539. The van der Waals surface area contributed by atoms with Gasteiger partial charge in [0.05, 0.1) is 6.04 Å². The van der Waals surface area contributed by atoms with Gasteiger partial charge in [-0.25, -0.2) is 0 Å². The fourth-order valence-corrected chi connectivity index (χ4v) is 1.75. The lowest BCUT2D eigenvalue weighted by Crippen LogP contribution is -2.51. The molecule has 5 nitrogen and oxygen atoms in total. The van der Waals surface area contributed by atoms with Gasteiger partial charge in [0.25, 0.3) is 0 Å². The molecule has 1 atom stereocenters. The normalized spacial score (nSPS) is 13.1. The second-order valence-electron chi connectivity index (χ2n) is 5.32. The van der Waals surface area contributed by atoms with Gasteiger partial charge in [0.15, 0.2) is 0 Å². The first kappa shape index (κ1) is 15.5. The van der Waals surface area contributed by atoms with Gasteiger partial charge in [-0.1, -0.05) is 12.1 Å². The Morgan fingerprint density at radius 3 is 2.47 bits per heavy atom. The molecule has 106 valence electrons. The Labute approximate surface area is 113 Å². The van der Waals surface area contributed by atoms with E-state index in [0.717, 1.165) is 5.56 Å². The highest BCUT2D eigenvalue weighted by Gasteiger charge is 2.23. The van der Waals surface area contributed by atoms with Gasteiger partial charge in [-0.2, -0.15) is 0 Å². The number of nitrogens with two attached hydrogens (primary N) is 1. The van der Waals surface area contributed by atoms with E-state index in [-0.39, 0.29) is 18.3 Å². The summed E-state index contributed by atoms with van der Waals surface area (Å²) in [6, 6.07) is 5.95. The van der Waals surface area contributed by atoms with Crippen LogP contribution in [0.2, 0.25) is 0 Å². The second kappa shape index (κ2) is 6.54. The summed E-state index contributed by atoms with van der Waals surface area (Å²) in [4.78, 5) is 11.9. The van der Waals surface area contributed by atoms with E-state index in [4.69, 9.17) is 10.8 Å². The Balaban J connectivity index is 2.55. The smallest absolute Gasteiger partial charge is 0.237 e. The topological polar surface area (TPSA) is 95.6 Å². The van der Waals surface area contributed by atoms with Crippen LogP contribution in [0.25, 0.3) is 0 Å². The molecule has 0 fully saturated rings. The minimum atomic E-state index is -0.650. The molecule has 1 rings (SSSR count). The van der Waals surface area contributed by atoms with Gasteiger partial charge in [0.1, 0.15) is 5.75 Å². The maximum atomic E-state index is 11.9. The number of benzene rings is 1. The molecule has 1 aromatic rings. The van der Waals surface area contributed by atoms with Crippen molar-refractivity contribution in [3.05, 3.63) is 29.8 Å². The summed E-state index contributed by atoms with van der Waals surface area (Å²) in [7, 11) is 0. The van der Waals surface area contributed by atoms with E-state index in [0.29, 0.717) is 12.8 Å². The molecule has 0 saturated heterocycles. The molecule has 0 heterocycles. The summed E-state index contributed by atoms with van der Waals surface area (Å²) >= 11 is 0. The van der Waals surface area contributed by atoms with Gasteiger partial charge in [-0.15, -0.1) is 0 Å². The molecule has 1 amide bonds. The zero-order valence-electron chi connectivity index (χ0n) is 11.4. The molecule has 19 heavy (non-hydrogen) atoms. The van der Waals surface area contributed by atoms with Crippen molar-refractivity contribution in [2.75, 3.05) is 6.61 Å². The molecule has 0 aromatic heterocycles. The summed E-state index contributed by atoms with van der Waals surface area (Å²) in [6.45, 7) is 3.70. The molecule has 0 bridgehead atoms. The van der Waals surface area contributed by atoms with Crippen molar-refractivity contribution in [2.24, 2.45) is 5.73 Å². The average Bonchev–Trinajstić information content (AvgIpc) is 2.31. The zero-order chi connectivity index (χ0) is 14.5. The van der Waals surface area contributed by atoms with Crippen molar-refractivity contribution < 1.29 is 15.0 Å². The second-order valence-corrected chi connectivity index (χ2v) is 5.32. The van der Waals surface area contributed by atoms with E-state index in [2.05, 4.69) is 5.32 Å². The molecule has 0 aliphatic heterocycles. The number of carbonyl (C=O) groups excluding carboxylic acids is 1. The summed E-state index contributed by atoms with van der Waals surface area (Å²) < 4.78 is 0. The maximum absolute atomic E-state index is 11.9. The van der Waals surface area contributed by atoms with Gasteiger partial charge in [0.2, 0.25) is 5.91 Å². The van der Waals surface area contributed by atoms with Crippen LogP contribution in [0.5, 0.6) is 5.75 Å². The van der Waals surface area contributed by atoms with Crippen molar-refractivity contribution >= 4 is 5.91 Å². The molecule has 1 aromatic carbocycles. The van der Waals surface area contributed by atoms with Crippen molar-refractivity contribution in [1.82, 2.24) is 5.32 Å². The number of nitrogens with one attached hydrogen (secondary N) is 1. The standard InChI is InChI=1S/C14H22N2O3/c1-14(2,7-8-17)16-13(19)12(15)9-10-3-5-11(18)6-4-10/h3-6,12,17-18H,7-9,15H2,1-2H3,(H,16,19)/t12-/m1/s1. The molecule has 0 radical (unpaired) electrons. The molecule has 5 N–H and O–H groups in total. The molecule has 0 aliphatic rings. The lowest BCUT2D eigenvalue weighted by Gasteiger charge is -2.27. The van der Waals surface area contributed by atoms with Crippen LogP contribution < -0.4 is 11.1 Å². The summed E-state index contributed by atoms with van der Waals surface area (Å²) in [6.07, 6.45) is 0.881. The fraction of sp³-hybridized carbons (Fsp3) is 0.500. The molecular weight excluding hydrogens is 244 g/mol. The van der Waals surface area contributed by atoms with E-state index in [1.54, 1.807) is 24.3 Å². The van der Waals surface area contributed by atoms with Gasteiger partial charge in [0, 0.05) is 12.1 Å². The summed E-state index contributed by atoms with van der Waals surface area (Å²) in [5, 5.41) is 20.9. The van der Waals surface area contributed by atoms with Crippen LogP contribution in [-0.4, -0.2) is 34.3 Å².